The lowest BCUT2D eigenvalue weighted by molar-refractivity contribution is 0.752. The quantitative estimate of drug-likeness (QED) is 0.821. The van der Waals surface area contributed by atoms with E-state index in [0.29, 0.717) is 16.7 Å². The zero-order chi connectivity index (χ0) is 12.3. The molecule has 3 nitrogen and oxygen atoms in total. The first-order chi connectivity index (χ1) is 8.19. The highest BCUT2D eigenvalue weighted by Gasteiger charge is 2.23. The molecule has 1 saturated carbocycles. The fraction of sp³-hybridized carbons (Fsp3) is 0.500. The van der Waals surface area contributed by atoms with Crippen molar-refractivity contribution in [2.45, 2.75) is 30.6 Å². The number of anilines is 1. The molecule has 17 heavy (non-hydrogen) atoms. The number of thioether (sulfide) groups is 1. The van der Waals surface area contributed by atoms with E-state index in [2.05, 4.69) is 16.6 Å². The molecule has 0 spiro atoms. The third kappa shape index (κ3) is 3.33. The molecule has 1 fully saturated rings. The molecule has 2 atom stereocenters. The maximum Gasteiger partial charge on any atom is 0.126 e. The van der Waals surface area contributed by atoms with E-state index in [0.717, 1.165) is 11.1 Å². The predicted octanol–water partition coefficient (Wildman–Crippen LogP) is 2.41. The van der Waals surface area contributed by atoms with Crippen LogP contribution in [0, 0.1) is 0 Å². The Balaban J connectivity index is 1.99. The van der Waals surface area contributed by atoms with Gasteiger partial charge in [-0.05, 0) is 37.7 Å². The summed E-state index contributed by atoms with van der Waals surface area (Å²) in [7, 11) is 0. The van der Waals surface area contributed by atoms with Crippen molar-refractivity contribution < 1.29 is 0 Å². The van der Waals surface area contributed by atoms with Gasteiger partial charge in [-0.3, -0.25) is 0 Å². The van der Waals surface area contributed by atoms with Crippen LogP contribution in [0.1, 0.15) is 25.0 Å². The van der Waals surface area contributed by atoms with Crippen LogP contribution in [0.5, 0.6) is 0 Å². The van der Waals surface area contributed by atoms with Gasteiger partial charge in [0.05, 0.1) is 5.69 Å². The topological polar surface area (TPSA) is 50.9 Å². The van der Waals surface area contributed by atoms with E-state index in [-0.39, 0.29) is 0 Å². The average Bonchev–Trinajstić information content (AvgIpc) is 2.77. The Morgan fingerprint density at radius 2 is 2.35 bits per heavy atom. The molecule has 0 saturated heterocycles. The van der Waals surface area contributed by atoms with Crippen LogP contribution in [0.25, 0.3) is 0 Å². The largest absolute Gasteiger partial charge is 0.388 e. The second kappa shape index (κ2) is 5.69. The number of aromatic nitrogens is 1. The molecule has 1 heterocycles. The van der Waals surface area contributed by atoms with Gasteiger partial charge < -0.3 is 11.1 Å². The molecule has 1 aromatic rings. The first kappa shape index (κ1) is 12.6. The molecule has 1 aliphatic carbocycles. The molecule has 0 aliphatic heterocycles. The maximum atomic E-state index is 5.57. The minimum Gasteiger partial charge on any atom is -0.388 e. The summed E-state index contributed by atoms with van der Waals surface area (Å²) >= 11 is 6.88. The van der Waals surface area contributed by atoms with Gasteiger partial charge in [-0.1, -0.05) is 18.3 Å². The molecular weight excluding hydrogens is 250 g/mol. The van der Waals surface area contributed by atoms with Crippen molar-refractivity contribution >= 4 is 34.8 Å². The zero-order valence-electron chi connectivity index (χ0n) is 9.85. The Bertz CT molecular complexity index is 408. The number of nitrogens with zero attached hydrogens (tertiary/aromatic N) is 1. The summed E-state index contributed by atoms with van der Waals surface area (Å²) in [5.74, 6) is 0.877. The molecule has 92 valence electrons. The van der Waals surface area contributed by atoms with E-state index in [1.165, 1.54) is 19.3 Å². The minimum atomic E-state index is 0.349. The second-order valence-electron chi connectivity index (χ2n) is 4.28. The molecule has 3 N–H and O–H groups in total. The van der Waals surface area contributed by atoms with Gasteiger partial charge in [0, 0.05) is 11.3 Å². The van der Waals surface area contributed by atoms with Gasteiger partial charge in [0.2, 0.25) is 0 Å². The van der Waals surface area contributed by atoms with Crippen molar-refractivity contribution in [3.05, 3.63) is 23.9 Å². The highest BCUT2D eigenvalue weighted by Crippen LogP contribution is 2.29. The van der Waals surface area contributed by atoms with Crippen LogP contribution in [-0.2, 0) is 0 Å². The molecule has 1 aromatic heterocycles. The van der Waals surface area contributed by atoms with Crippen molar-refractivity contribution in [1.29, 1.82) is 0 Å². The molecule has 2 rings (SSSR count). The minimum absolute atomic E-state index is 0.349. The molecular formula is C12H17N3S2. The van der Waals surface area contributed by atoms with Crippen molar-refractivity contribution in [1.82, 2.24) is 4.98 Å². The Kier molecular flexibility index (Phi) is 4.23. The van der Waals surface area contributed by atoms with Crippen LogP contribution in [-0.4, -0.2) is 27.5 Å². The predicted molar refractivity (Wildman–Crippen MR) is 78.7 cm³/mol. The van der Waals surface area contributed by atoms with Gasteiger partial charge >= 0.3 is 0 Å². The number of hydrogen-bond donors (Lipinski definition) is 2. The van der Waals surface area contributed by atoms with Crippen LogP contribution in [0.2, 0.25) is 0 Å². The standard InChI is InChI=1S/C12H17N3S2/c1-17-9-6-5-8(7-9)14-11-4-2-3-10(15-11)12(13)16/h2-4,8-9H,5-7H2,1H3,(H2,13,16)(H,14,15). The Morgan fingerprint density at radius 1 is 1.53 bits per heavy atom. The van der Waals surface area contributed by atoms with Crippen molar-refractivity contribution in [2.24, 2.45) is 5.73 Å². The van der Waals surface area contributed by atoms with E-state index in [1.54, 1.807) is 0 Å². The van der Waals surface area contributed by atoms with Crippen molar-refractivity contribution in [2.75, 3.05) is 11.6 Å². The highest BCUT2D eigenvalue weighted by atomic mass is 32.2. The van der Waals surface area contributed by atoms with Gasteiger partial charge in [-0.2, -0.15) is 11.8 Å². The summed E-state index contributed by atoms with van der Waals surface area (Å²) in [6.07, 6.45) is 5.89. The van der Waals surface area contributed by atoms with Gasteiger partial charge in [0.1, 0.15) is 10.8 Å². The molecule has 2 unspecified atom stereocenters. The third-order valence-corrected chi connectivity index (χ3v) is 4.38. The smallest absolute Gasteiger partial charge is 0.126 e. The lowest BCUT2D eigenvalue weighted by atomic mass is 10.2. The summed E-state index contributed by atoms with van der Waals surface area (Å²) in [5, 5.41) is 4.24. The average molecular weight is 267 g/mol. The number of thiocarbonyl (C=S) groups is 1. The monoisotopic (exact) mass is 267 g/mol. The van der Waals surface area contributed by atoms with Crippen molar-refractivity contribution in [3.8, 4) is 0 Å². The first-order valence-corrected chi connectivity index (χ1v) is 7.45. The normalized spacial score (nSPS) is 23.6. The summed E-state index contributed by atoms with van der Waals surface area (Å²) in [4.78, 5) is 4.75. The summed E-state index contributed by atoms with van der Waals surface area (Å²) < 4.78 is 0. The summed E-state index contributed by atoms with van der Waals surface area (Å²) in [5.41, 5.74) is 6.26. The van der Waals surface area contributed by atoms with Gasteiger partial charge in [0.25, 0.3) is 0 Å². The van der Waals surface area contributed by atoms with E-state index in [1.807, 2.05) is 30.0 Å². The van der Waals surface area contributed by atoms with E-state index < -0.39 is 0 Å². The first-order valence-electron chi connectivity index (χ1n) is 5.75. The van der Waals surface area contributed by atoms with E-state index in [4.69, 9.17) is 18.0 Å². The van der Waals surface area contributed by atoms with Crippen LogP contribution < -0.4 is 11.1 Å². The fourth-order valence-corrected chi connectivity index (χ4v) is 3.06. The summed E-state index contributed by atoms with van der Waals surface area (Å²) in [6.45, 7) is 0. The number of nitrogens with one attached hydrogen (secondary N) is 1. The van der Waals surface area contributed by atoms with Crippen molar-refractivity contribution in [3.63, 3.8) is 0 Å². The fourth-order valence-electron chi connectivity index (χ4n) is 2.15. The molecule has 0 bridgehead atoms. The Hall–Kier alpha value is -0.810. The highest BCUT2D eigenvalue weighted by molar-refractivity contribution is 7.99. The number of rotatable bonds is 4. The van der Waals surface area contributed by atoms with E-state index >= 15 is 0 Å². The molecule has 1 aliphatic rings. The van der Waals surface area contributed by atoms with Crippen LogP contribution in [0.3, 0.4) is 0 Å². The molecule has 5 heteroatoms. The van der Waals surface area contributed by atoms with Crippen LogP contribution in [0.15, 0.2) is 18.2 Å². The number of pyridine rings is 1. The lowest BCUT2D eigenvalue weighted by Crippen LogP contribution is -2.18. The van der Waals surface area contributed by atoms with E-state index in [9.17, 15) is 0 Å². The zero-order valence-corrected chi connectivity index (χ0v) is 11.5. The molecule has 0 amide bonds. The number of hydrogen-bond acceptors (Lipinski definition) is 4. The van der Waals surface area contributed by atoms with Crippen LogP contribution >= 0.6 is 24.0 Å². The number of nitrogens with two attached hydrogens (primary N) is 1. The summed E-state index contributed by atoms with van der Waals surface area (Å²) in [6, 6.07) is 6.27. The third-order valence-electron chi connectivity index (χ3n) is 3.07. The maximum absolute atomic E-state index is 5.57. The SMILES string of the molecule is CSC1CCC(Nc2cccc(C(N)=S)n2)C1. The van der Waals surface area contributed by atoms with Crippen LogP contribution in [0.4, 0.5) is 5.82 Å². The second-order valence-corrected chi connectivity index (χ2v) is 5.86. The van der Waals surface area contributed by atoms with Gasteiger partial charge in [-0.25, -0.2) is 4.98 Å². The van der Waals surface area contributed by atoms with Gasteiger partial charge in [0.15, 0.2) is 0 Å². The Morgan fingerprint density at radius 3 is 3.00 bits per heavy atom. The molecule has 0 aromatic carbocycles. The molecule has 0 radical (unpaired) electrons. The van der Waals surface area contributed by atoms with Gasteiger partial charge in [-0.15, -0.1) is 0 Å². The lowest BCUT2D eigenvalue weighted by Gasteiger charge is -2.13. The Labute approximate surface area is 112 Å².